The molecule has 0 bridgehead atoms. The molecule has 1 aromatic heterocycles. The minimum Gasteiger partial charge on any atom is -0.307 e. The quantitative estimate of drug-likeness (QED) is 0.790. The van der Waals surface area contributed by atoms with Crippen molar-refractivity contribution in [1.29, 1.82) is 0 Å². The molecule has 0 saturated heterocycles. The topological polar surface area (TPSA) is 29.9 Å². The third-order valence-corrected chi connectivity index (χ3v) is 3.19. The summed E-state index contributed by atoms with van der Waals surface area (Å²) in [4.78, 5) is 0. The van der Waals surface area contributed by atoms with Gasteiger partial charge in [0, 0.05) is 18.7 Å². The molecule has 1 fully saturated rings. The minimum absolute atomic E-state index is 0.699. The van der Waals surface area contributed by atoms with E-state index in [4.69, 9.17) is 0 Å². The maximum absolute atomic E-state index is 4.49. The summed E-state index contributed by atoms with van der Waals surface area (Å²) in [6.07, 6.45) is 2.61. The monoisotopic (exact) mass is 227 g/mol. The third-order valence-electron chi connectivity index (χ3n) is 2.56. The van der Waals surface area contributed by atoms with Gasteiger partial charge in [0.15, 0.2) is 0 Å². The zero-order chi connectivity index (χ0) is 8.13. The molecule has 3 nitrogen and oxygen atoms in total. The molecule has 0 unspecified atom stereocenters. The van der Waals surface area contributed by atoms with Gasteiger partial charge in [-0.2, -0.15) is 5.10 Å². The average Bonchev–Trinajstić information content (AvgIpc) is 2.68. The summed E-state index contributed by atoms with van der Waals surface area (Å²) >= 11 is 3.49. The highest BCUT2D eigenvalue weighted by Crippen LogP contribution is 2.38. The number of rotatable bonds is 1. The number of fused-ring (bicyclic) bond motifs is 1. The van der Waals surface area contributed by atoms with Crippen LogP contribution in [0.3, 0.4) is 0 Å². The molecule has 3 rings (SSSR count). The summed E-state index contributed by atoms with van der Waals surface area (Å²) in [7, 11) is 0. The maximum Gasteiger partial charge on any atom is 0.132 e. The van der Waals surface area contributed by atoms with Gasteiger partial charge in [-0.1, -0.05) is 0 Å². The molecule has 1 N–H and O–H groups in total. The van der Waals surface area contributed by atoms with Crippen LogP contribution in [0.25, 0.3) is 0 Å². The van der Waals surface area contributed by atoms with Crippen LogP contribution in [0.4, 0.5) is 0 Å². The molecule has 12 heavy (non-hydrogen) atoms. The molecule has 1 aliphatic heterocycles. The second-order valence-corrected chi connectivity index (χ2v) is 4.25. The number of halogens is 1. The lowest BCUT2D eigenvalue weighted by Gasteiger charge is -2.00. The highest BCUT2D eigenvalue weighted by Gasteiger charge is 2.30. The Morgan fingerprint density at radius 1 is 1.42 bits per heavy atom. The standard InChI is InChI=1S/C8H10BrN3/c9-8-6-3-10-4-7(6)12(11-8)5-1-2-5/h5,10H,1-4H2. The SMILES string of the molecule is Brc1nn(C2CC2)c2c1CNC2. The maximum atomic E-state index is 4.49. The lowest BCUT2D eigenvalue weighted by Crippen LogP contribution is -2.07. The first-order valence-electron chi connectivity index (χ1n) is 4.33. The Bertz CT molecular complexity index is 327. The highest BCUT2D eigenvalue weighted by molar-refractivity contribution is 9.10. The Balaban J connectivity index is 2.13. The van der Waals surface area contributed by atoms with Crippen molar-refractivity contribution in [2.75, 3.05) is 0 Å². The smallest absolute Gasteiger partial charge is 0.132 e. The largest absolute Gasteiger partial charge is 0.307 e. The first kappa shape index (κ1) is 7.09. The molecular weight excluding hydrogens is 218 g/mol. The van der Waals surface area contributed by atoms with Crippen molar-refractivity contribution in [3.8, 4) is 0 Å². The lowest BCUT2D eigenvalue weighted by molar-refractivity contribution is 0.588. The van der Waals surface area contributed by atoms with Crippen LogP contribution in [0, 0.1) is 0 Å². The first-order chi connectivity index (χ1) is 5.86. The molecule has 1 saturated carbocycles. The lowest BCUT2D eigenvalue weighted by atomic mass is 10.3. The number of aromatic nitrogens is 2. The van der Waals surface area contributed by atoms with Crippen molar-refractivity contribution >= 4 is 15.9 Å². The van der Waals surface area contributed by atoms with Gasteiger partial charge in [0.2, 0.25) is 0 Å². The predicted octanol–water partition coefficient (Wildman–Crippen LogP) is 1.58. The van der Waals surface area contributed by atoms with Gasteiger partial charge in [0.25, 0.3) is 0 Å². The Morgan fingerprint density at radius 3 is 3.00 bits per heavy atom. The van der Waals surface area contributed by atoms with E-state index in [-0.39, 0.29) is 0 Å². The van der Waals surface area contributed by atoms with Gasteiger partial charge < -0.3 is 5.32 Å². The third kappa shape index (κ3) is 0.880. The van der Waals surface area contributed by atoms with Crippen LogP contribution in [0.5, 0.6) is 0 Å². The number of hydrogen-bond donors (Lipinski definition) is 1. The van der Waals surface area contributed by atoms with Crippen molar-refractivity contribution in [2.24, 2.45) is 0 Å². The predicted molar refractivity (Wildman–Crippen MR) is 48.7 cm³/mol. The van der Waals surface area contributed by atoms with E-state index in [0.29, 0.717) is 6.04 Å². The van der Waals surface area contributed by atoms with E-state index in [2.05, 4.69) is 31.0 Å². The van der Waals surface area contributed by atoms with Crippen molar-refractivity contribution in [3.63, 3.8) is 0 Å². The zero-order valence-corrected chi connectivity index (χ0v) is 8.26. The van der Waals surface area contributed by atoms with Gasteiger partial charge in [-0.05, 0) is 28.8 Å². The molecule has 64 valence electrons. The molecule has 0 spiro atoms. The van der Waals surface area contributed by atoms with Crippen molar-refractivity contribution < 1.29 is 0 Å². The summed E-state index contributed by atoms with van der Waals surface area (Å²) in [5, 5.41) is 7.83. The van der Waals surface area contributed by atoms with Gasteiger partial charge >= 0.3 is 0 Å². The average molecular weight is 228 g/mol. The molecule has 0 atom stereocenters. The molecule has 0 amide bonds. The van der Waals surface area contributed by atoms with E-state index in [9.17, 15) is 0 Å². The van der Waals surface area contributed by atoms with Crippen LogP contribution in [0.15, 0.2) is 4.60 Å². The van der Waals surface area contributed by atoms with Gasteiger partial charge in [-0.25, -0.2) is 0 Å². The van der Waals surface area contributed by atoms with Crippen LogP contribution in [0.1, 0.15) is 30.1 Å². The van der Waals surface area contributed by atoms with Gasteiger partial charge in [0.05, 0.1) is 11.7 Å². The molecule has 1 aromatic rings. The minimum atomic E-state index is 0.699. The zero-order valence-electron chi connectivity index (χ0n) is 6.68. The Labute approximate surface area is 79.3 Å². The molecule has 0 radical (unpaired) electrons. The summed E-state index contributed by atoms with van der Waals surface area (Å²) in [5.74, 6) is 0. The van der Waals surface area contributed by atoms with Gasteiger partial charge in [-0.15, -0.1) is 0 Å². The molecule has 4 heteroatoms. The Hall–Kier alpha value is -0.350. The van der Waals surface area contributed by atoms with Gasteiger partial charge in [0.1, 0.15) is 4.60 Å². The van der Waals surface area contributed by atoms with Crippen LogP contribution < -0.4 is 5.32 Å². The van der Waals surface area contributed by atoms with Crippen molar-refractivity contribution in [2.45, 2.75) is 32.0 Å². The number of hydrogen-bond acceptors (Lipinski definition) is 2. The second-order valence-electron chi connectivity index (χ2n) is 3.50. The summed E-state index contributed by atoms with van der Waals surface area (Å²) in [5.41, 5.74) is 2.76. The number of nitrogens with one attached hydrogen (secondary N) is 1. The van der Waals surface area contributed by atoms with Crippen LogP contribution in [-0.4, -0.2) is 9.78 Å². The van der Waals surface area contributed by atoms with Gasteiger partial charge in [-0.3, -0.25) is 4.68 Å². The Morgan fingerprint density at radius 2 is 2.25 bits per heavy atom. The fourth-order valence-corrected chi connectivity index (χ4v) is 2.30. The highest BCUT2D eigenvalue weighted by atomic mass is 79.9. The van der Waals surface area contributed by atoms with Crippen molar-refractivity contribution in [3.05, 3.63) is 15.9 Å². The van der Waals surface area contributed by atoms with Crippen LogP contribution >= 0.6 is 15.9 Å². The molecule has 2 heterocycles. The summed E-state index contributed by atoms with van der Waals surface area (Å²) < 4.78 is 3.23. The van der Waals surface area contributed by atoms with E-state index in [0.717, 1.165) is 17.7 Å². The molecule has 1 aliphatic carbocycles. The van der Waals surface area contributed by atoms with E-state index < -0.39 is 0 Å². The van der Waals surface area contributed by atoms with E-state index in [1.807, 2.05) is 0 Å². The van der Waals surface area contributed by atoms with E-state index in [1.54, 1.807) is 0 Å². The fourth-order valence-electron chi connectivity index (χ4n) is 1.76. The van der Waals surface area contributed by atoms with E-state index >= 15 is 0 Å². The van der Waals surface area contributed by atoms with Crippen LogP contribution in [0.2, 0.25) is 0 Å². The molecular formula is C8H10BrN3. The fraction of sp³-hybridized carbons (Fsp3) is 0.625. The summed E-state index contributed by atoms with van der Waals surface area (Å²) in [6, 6.07) is 0.699. The van der Waals surface area contributed by atoms with E-state index in [1.165, 1.54) is 24.1 Å². The molecule has 2 aliphatic rings. The normalized spacial score (nSPS) is 21.4. The van der Waals surface area contributed by atoms with Crippen LogP contribution in [-0.2, 0) is 13.1 Å². The Kier molecular flexibility index (Phi) is 1.37. The number of nitrogens with zero attached hydrogens (tertiary/aromatic N) is 2. The van der Waals surface area contributed by atoms with Crippen molar-refractivity contribution in [1.82, 2.24) is 15.1 Å². The summed E-state index contributed by atoms with van der Waals surface area (Å²) in [6.45, 7) is 1.97. The first-order valence-corrected chi connectivity index (χ1v) is 5.12. The molecule has 0 aromatic carbocycles. The second kappa shape index (κ2) is 2.33.